The molecule has 0 radical (unpaired) electrons. The number of benzene rings is 1. The molecule has 2 unspecified atom stereocenters. The minimum Gasteiger partial charge on any atom is -0.465 e. The van der Waals surface area contributed by atoms with Gasteiger partial charge in [0.1, 0.15) is 5.82 Å². The second-order valence-corrected chi connectivity index (χ2v) is 7.01. The highest BCUT2D eigenvalue weighted by molar-refractivity contribution is 7.89. The number of rotatable bonds is 4. The van der Waals surface area contributed by atoms with Crippen LogP contribution in [0.4, 0.5) is 4.39 Å². The van der Waals surface area contributed by atoms with Crippen LogP contribution in [-0.4, -0.2) is 40.1 Å². The number of hydrogen-bond donors (Lipinski definition) is 2. The minimum absolute atomic E-state index is 0. The van der Waals surface area contributed by atoms with E-state index in [2.05, 4.69) is 14.8 Å². The Morgan fingerprint density at radius 3 is 2.74 bits per heavy atom. The highest BCUT2D eigenvalue weighted by Crippen LogP contribution is 2.20. The number of methoxy groups -OCH3 is 1. The van der Waals surface area contributed by atoms with Gasteiger partial charge in [0.15, 0.2) is 0 Å². The van der Waals surface area contributed by atoms with E-state index in [0.717, 1.165) is 25.3 Å². The van der Waals surface area contributed by atoms with E-state index in [1.807, 2.05) is 6.92 Å². The average Bonchev–Trinajstić information content (AvgIpc) is 2.45. The molecule has 0 amide bonds. The number of carbonyl (C=O) groups excluding carboxylic acids is 1. The van der Waals surface area contributed by atoms with Crippen molar-refractivity contribution in [1.82, 2.24) is 10.0 Å². The molecule has 2 atom stereocenters. The van der Waals surface area contributed by atoms with Crippen LogP contribution in [0.3, 0.4) is 0 Å². The molecule has 1 aromatic carbocycles. The lowest BCUT2D eigenvalue weighted by molar-refractivity contribution is 0.0595. The highest BCUT2D eigenvalue weighted by Gasteiger charge is 2.28. The van der Waals surface area contributed by atoms with E-state index in [0.29, 0.717) is 19.4 Å². The van der Waals surface area contributed by atoms with Gasteiger partial charge < -0.3 is 10.1 Å². The first-order valence-corrected chi connectivity index (χ1v) is 8.45. The molecule has 2 rings (SSSR count). The van der Waals surface area contributed by atoms with E-state index in [4.69, 9.17) is 0 Å². The van der Waals surface area contributed by atoms with Gasteiger partial charge >= 0.3 is 5.97 Å². The van der Waals surface area contributed by atoms with Crippen LogP contribution in [0.15, 0.2) is 23.1 Å². The normalized spacial score (nSPS) is 21.3. The summed E-state index contributed by atoms with van der Waals surface area (Å²) in [4.78, 5) is 11.4. The first-order valence-electron chi connectivity index (χ1n) is 6.97. The Hall–Kier alpha value is -1.22. The van der Waals surface area contributed by atoms with Crippen molar-refractivity contribution in [3.8, 4) is 0 Å². The number of hydrogen-bond acceptors (Lipinski definition) is 5. The third-order valence-corrected chi connectivity index (χ3v) is 5.16. The maximum atomic E-state index is 13.3. The second kappa shape index (κ2) is 8.05. The molecule has 0 saturated carbocycles. The van der Waals surface area contributed by atoms with Crippen molar-refractivity contribution in [3.05, 3.63) is 29.6 Å². The number of nitrogens with one attached hydrogen (secondary N) is 2. The van der Waals surface area contributed by atoms with Gasteiger partial charge in [-0.15, -0.1) is 12.4 Å². The maximum Gasteiger partial charge on any atom is 0.339 e. The van der Waals surface area contributed by atoms with E-state index in [-0.39, 0.29) is 34.9 Å². The largest absolute Gasteiger partial charge is 0.465 e. The molecule has 0 aromatic heterocycles. The zero-order chi connectivity index (χ0) is 16.3. The summed E-state index contributed by atoms with van der Waals surface area (Å²) in [5, 5.41) is 3.23. The summed E-state index contributed by atoms with van der Waals surface area (Å²) in [6, 6.07) is 2.93. The summed E-state index contributed by atoms with van der Waals surface area (Å²) in [5.41, 5.74) is -0.308. The van der Waals surface area contributed by atoms with Crippen LogP contribution >= 0.6 is 12.4 Å². The van der Waals surface area contributed by atoms with Gasteiger partial charge in [0, 0.05) is 12.1 Å². The highest BCUT2D eigenvalue weighted by atomic mass is 35.5. The second-order valence-electron chi connectivity index (χ2n) is 5.33. The molecule has 9 heteroatoms. The van der Waals surface area contributed by atoms with Crippen LogP contribution in [0.5, 0.6) is 0 Å². The molecule has 0 aliphatic carbocycles. The van der Waals surface area contributed by atoms with E-state index in [9.17, 15) is 17.6 Å². The predicted molar refractivity (Wildman–Crippen MR) is 85.8 cm³/mol. The van der Waals surface area contributed by atoms with Crippen molar-refractivity contribution >= 4 is 28.4 Å². The minimum atomic E-state index is -3.93. The molecule has 1 heterocycles. The van der Waals surface area contributed by atoms with E-state index in [1.165, 1.54) is 0 Å². The Morgan fingerprint density at radius 1 is 1.43 bits per heavy atom. The Bertz CT molecular complexity index is 669. The predicted octanol–water partition coefficient (Wildman–Crippen LogP) is 1.45. The Kier molecular flexibility index (Phi) is 6.94. The lowest BCUT2D eigenvalue weighted by Crippen LogP contribution is -2.46. The fourth-order valence-corrected chi connectivity index (χ4v) is 3.99. The van der Waals surface area contributed by atoms with Crippen LogP contribution in [0.2, 0.25) is 0 Å². The van der Waals surface area contributed by atoms with Crippen molar-refractivity contribution in [2.45, 2.75) is 36.7 Å². The Balaban J connectivity index is 0.00000264. The summed E-state index contributed by atoms with van der Waals surface area (Å²) >= 11 is 0. The van der Waals surface area contributed by atoms with E-state index in [1.54, 1.807) is 0 Å². The zero-order valence-corrected chi connectivity index (χ0v) is 14.5. The summed E-state index contributed by atoms with van der Waals surface area (Å²) in [7, 11) is -2.81. The van der Waals surface area contributed by atoms with Gasteiger partial charge in [0.25, 0.3) is 0 Å². The number of sulfonamides is 1. The number of carbonyl (C=O) groups is 1. The van der Waals surface area contributed by atoms with Gasteiger partial charge in [-0.05, 0) is 44.5 Å². The Labute approximate surface area is 141 Å². The first kappa shape index (κ1) is 19.8. The average molecular weight is 367 g/mol. The standard InChI is InChI=1S/C14H19FN2O4S.ClH/c1-9-7-11(5-6-16-9)17-22(19,20)13-4-3-10(15)8-12(13)14(18)21-2;/h3-4,8-9,11,16-17H,5-7H2,1-2H3;1H. The molecule has 23 heavy (non-hydrogen) atoms. The topological polar surface area (TPSA) is 84.5 Å². The van der Waals surface area contributed by atoms with Crippen LogP contribution in [0, 0.1) is 5.82 Å². The van der Waals surface area contributed by atoms with Gasteiger partial charge in [-0.2, -0.15) is 0 Å². The molecule has 0 spiro atoms. The summed E-state index contributed by atoms with van der Waals surface area (Å²) < 4.78 is 45.4. The number of piperidine rings is 1. The molecule has 0 bridgehead atoms. The molecular formula is C14H20ClFN2O4S. The van der Waals surface area contributed by atoms with Gasteiger partial charge in [-0.1, -0.05) is 0 Å². The van der Waals surface area contributed by atoms with Gasteiger partial charge in [-0.25, -0.2) is 22.3 Å². The first-order chi connectivity index (χ1) is 10.3. The summed E-state index contributed by atoms with van der Waals surface area (Å²) in [6.07, 6.45) is 1.30. The third-order valence-electron chi connectivity index (χ3n) is 3.58. The molecule has 1 saturated heterocycles. The molecule has 1 aliphatic rings. The van der Waals surface area contributed by atoms with Gasteiger partial charge in [-0.3, -0.25) is 0 Å². The van der Waals surface area contributed by atoms with Crippen LogP contribution in [-0.2, 0) is 14.8 Å². The lowest BCUT2D eigenvalue weighted by atomic mass is 10.0. The van der Waals surface area contributed by atoms with Crippen molar-refractivity contribution in [2.75, 3.05) is 13.7 Å². The SMILES string of the molecule is COC(=O)c1cc(F)ccc1S(=O)(=O)NC1CCNC(C)C1.Cl. The molecule has 2 N–H and O–H groups in total. The fraction of sp³-hybridized carbons (Fsp3) is 0.500. The van der Waals surface area contributed by atoms with Crippen LogP contribution < -0.4 is 10.0 Å². The van der Waals surface area contributed by atoms with Crippen molar-refractivity contribution in [3.63, 3.8) is 0 Å². The van der Waals surface area contributed by atoms with Gasteiger partial charge in [0.2, 0.25) is 10.0 Å². The van der Waals surface area contributed by atoms with Crippen LogP contribution in [0.1, 0.15) is 30.1 Å². The fourth-order valence-electron chi connectivity index (χ4n) is 2.53. The number of ether oxygens (including phenoxy) is 1. The van der Waals surface area contributed by atoms with Crippen LogP contribution in [0.25, 0.3) is 0 Å². The quantitative estimate of drug-likeness (QED) is 0.788. The third kappa shape index (κ3) is 4.87. The molecular weight excluding hydrogens is 347 g/mol. The van der Waals surface area contributed by atoms with Crippen molar-refractivity contribution < 1.29 is 22.3 Å². The number of esters is 1. The summed E-state index contributed by atoms with van der Waals surface area (Å²) in [6.45, 7) is 2.68. The van der Waals surface area contributed by atoms with E-state index < -0.39 is 21.8 Å². The Morgan fingerprint density at radius 2 is 2.13 bits per heavy atom. The number of halogens is 2. The van der Waals surface area contributed by atoms with Gasteiger partial charge in [0.05, 0.1) is 17.6 Å². The maximum absolute atomic E-state index is 13.3. The van der Waals surface area contributed by atoms with E-state index >= 15 is 0 Å². The molecule has 1 aromatic rings. The van der Waals surface area contributed by atoms with Crippen molar-refractivity contribution in [2.24, 2.45) is 0 Å². The smallest absolute Gasteiger partial charge is 0.339 e. The summed E-state index contributed by atoms with van der Waals surface area (Å²) in [5.74, 6) is -1.59. The molecule has 1 aliphatic heterocycles. The molecule has 1 fully saturated rings. The van der Waals surface area contributed by atoms with Crippen molar-refractivity contribution in [1.29, 1.82) is 0 Å². The molecule has 130 valence electrons. The molecule has 6 nitrogen and oxygen atoms in total. The monoisotopic (exact) mass is 366 g/mol. The lowest BCUT2D eigenvalue weighted by Gasteiger charge is -2.28. The zero-order valence-electron chi connectivity index (χ0n) is 12.8.